The quantitative estimate of drug-likeness (QED) is 0.685. The fourth-order valence-corrected chi connectivity index (χ4v) is 1.23. The van der Waals surface area contributed by atoms with E-state index in [0.717, 1.165) is 25.8 Å². The van der Waals surface area contributed by atoms with Gasteiger partial charge in [0.2, 0.25) is 0 Å². The maximum atomic E-state index is 10.3. The Morgan fingerprint density at radius 2 is 2.25 bits per heavy atom. The van der Waals surface area contributed by atoms with Crippen molar-refractivity contribution in [1.82, 2.24) is 4.90 Å². The summed E-state index contributed by atoms with van der Waals surface area (Å²) < 4.78 is 0. The van der Waals surface area contributed by atoms with Crippen LogP contribution in [-0.2, 0) is 4.79 Å². The Morgan fingerprint density at radius 1 is 1.58 bits per heavy atom. The van der Waals surface area contributed by atoms with E-state index in [2.05, 4.69) is 0 Å². The van der Waals surface area contributed by atoms with Gasteiger partial charge in [-0.05, 0) is 12.8 Å². The van der Waals surface area contributed by atoms with Crippen LogP contribution >= 0.6 is 12.4 Å². The second-order valence-electron chi connectivity index (χ2n) is 2.72. The molecule has 0 aromatic rings. The molecule has 0 saturated carbocycles. The molecule has 0 aromatic heterocycles. The van der Waals surface area contributed by atoms with Crippen LogP contribution < -0.4 is 0 Å². The second-order valence-corrected chi connectivity index (χ2v) is 2.72. The molecule has 2 N–H and O–H groups in total. The molecule has 70 valence electrons. The zero-order valence-corrected chi connectivity index (χ0v) is 7.56. The van der Waals surface area contributed by atoms with Crippen molar-refractivity contribution in [3.63, 3.8) is 0 Å². The maximum absolute atomic E-state index is 10.3. The number of rotatable bonds is 2. The third kappa shape index (κ3) is 3.09. The molecule has 0 atom stereocenters. The number of halogens is 1. The molecule has 0 aliphatic carbocycles. The maximum Gasteiger partial charge on any atom is 0.323 e. The SMILES string of the molecule is Cl.N=C1CCCCN1CC(=O)O. The van der Waals surface area contributed by atoms with Crippen molar-refractivity contribution in [3.05, 3.63) is 0 Å². The van der Waals surface area contributed by atoms with Crippen LogP contribution in [0.4, 0.5) is 0 Å². The fourth-order valence-electron chi connectivity index (χ4n) is 1.23. The van der Waals surface area contributed by atoms with Crippen molar-refractivity contribution in [2.75, 3.05) is 13.1 Å². The summed E-state index contributed by atoms with van der Waals surface area (Å²) in [6.07, 6.45) is 2.76. The van der Waals surface area contributed by atoms with Gasteiger partial charge in [-0.15, -0.1) is 12.4 Å². The number of hydrogen-bond acceptors (Lipinski definition) is 2. The van der Waals surface area contributed by atoms with Crippen molar-refractivity contribution in [2.24, 2.45) is 0 Å². The van der Waals surface area contributed by atoms with Crippen LogP contribution in [0.1, 0.15) is 19.3 Å². The predicted molar refractivity (Wildman–Crippen MR) is 48.0 cm³/mol. The van der Waals surface area contributed by atoms with Crippen molar-refractivity contribution in [1.29, 1.82) is 5.41 Å². The standard InChI is InChI=1S/C7H12N2O2.ClH/c8-6-3-1-2-4-9(6)5-7(10)11;/h8H,1-5H2,(H,10,11);1H. The van der Waals surface area contributed by atoms with Crippen molar-refractivity contribution in [3.8, 4) is 0 Å². The molecule has 1 aliphatic rings. The lowest BCUT2D eigenvalue weighted by Crippen LogP contribution is -2.38. The first-order chi connectivity index (χ1) is 5.20. The first kappa shape index (κ1) is 11.2. The Morgan fingerprint density at radius 3 is 2.75 bits per heavy atom. The summed E-state index contributed by atoms with van der Waals surface area (Å²) in [7, 11) is 0. The summed E-state index contributed by atoms with van der Waals surface area (Å²) in [6.45, 7) is 0.712. The van der Waals surface area contributed by atoms with E-state index in [1.165, 1.54) is 0 Å². The van der Waals surface area contributed by atoms with Crippen LogP contribution in [0.2, 0.25) is 0 Å². The minimum atomic E-state index is -0.850. The molecule has 0 unspecified atom stereocenters. The highest BCUT2D eigenvalue weighted by atomic mass is 35.5. The molecule has 1 fully saturated rings. The molecule has 5 heteroatoms. The Kier molecular flexibility index (Phi) is 4.66. The van der Waals surface area contributed by atoms with E-state index >= 15 is 0 Å². The van der Waals surface area contributed by atoms with Crippen LogP contribution in [0.25, 0.3) is 0 Å². The van der Waals surface area contributed by atoms with E-state index in [9.17, 15) is 4.79 Å². The normalized spacial score (nSPS) is 17.0. The Balaban J connectivity index is 0.00000121. The Bertz CT molecular complexity index is 184. The summed E-state index contributed by atoms with van der Waals surface area (Å²) in [6, 6.07) is 0. The van der Waals surface area contributed by atoms with Gasteiger partial charge < -0.3 is 10.0 Å². The number of carbonyl (C=O) groups is 1. The average molecular weight is 193 g/mol. The molecule has 4 nitrogen and oxygen atoms in total. The first-order valence-electron chi connectivity index (χ1n) is 3.74. The predicted octanol–water partition coefficient (Wildman–Crippen LogP) is 0.956. The number of likely N-dealkylation sites (tertiary alicyclic amines) is 1. The smallest absolute Gasteiger partial charge is 0.323 e. The van der Waals surface area contributed by atoms with E-state index in [1.54, 1.807) is 4.90 Å². The van der Waals surface area contributed by atoms with Crippen molar-refractivity contribution in [2.45, 2.75) is 19.3 Å². The molecular formula is C7H13ClN2O2. The number of aliphatic carboxylic acids is 1. The van der Waals surface area contributed by atoms with E-state index in [-0.39, 0.29) is 19.0 Å². The van der Waals surface area contributed by atoms with Gasteiger partial charge in [0.1, 0.15) is 6.54 Å². The van der Waals surface area contributed by atoms with Crippen LogP contribution in [0.5, 0.6) is 0 Å². The van der Waals surface area contributed by atoms with Crippen LogP contribution in [0.15, 0.2) is 0 Å². The third-order valence-electron chi connectivity index (χ3n) is 1.80. The topological polar surface area (TPSA) is 64.4 Å². The van der Waals surface area contributed by atoms with Crippen LogP contribution in [-0.4, -0.2) is 34.9 Å². The summed E-state index contributed by atoms with van der Waals surface area (Å²) in [5.41, 5.74) is 0. The largest absolute Gasteiger partial charge is 0.480 e. The molecule has 0 bridgehead atoms. The molecular weight excluding hydrogens is 180 g/mol. The van der Waals surface area contributed by atoms with E-state index in [4.69, 9.17) is 10.5 Å². The third-order valence-corrected chi connectivity index (χ3v) is 1.80. The summed E-state index contributed by atoms with van der Waals surface area (Å²) in [5.74, 6) is -0.379. The highest BCUT2D eigenvalue weighted by Gasteiger charge is 2.16. The molecule has 1 saturated heterocycles. The number of piperidine rings is 1. The average Bonchev–Trinajstić information content (AvgIpc) is 1.93. The molecule has 0 radical (unpaired) electrons. The van der Waals surface area contributed by atoms with E-state index in [0.29, 0.717) is 5.84 Å². The van der Waals surface area contributed by atoms with Crippen molar-refractivity contribution >= 4 is 24.2 Å². The molecule has 0 aromatic carbocycles. The van der Waals surface area contributed by atoms with Crippen LogP contribution in [0.3, 0.4) is 0 Å². The van der Waals surface area contributed by atoms with Crippen LogP contribution in [0, 0.1) is 5.41 Å². The minimum Gasteiger partial charge on any atom is -0.480 e. The second kappa shape index (κ2) is 4.98. The number of nitrogens with zero attached hydrogens (tertiary/aromatic N) is 1. The van der Waals surface area contributed by atoms with Gasteiger partial charge in [-0.3, -0.25) is 10.2 Å². The van der Waals surface area contributed by atoms with Gasteiger partial charge in [-0.1, -0.05) is 0 Å². The molecule has 0 amide bonds. The van der Waals surface area contributed by atoms with Gasteiger partial charge in [0.15, 0.2) is 0 Å². The Labute approximate surface area is 77.5 Å². The lowest BCUT2D eigenvalue weighted by Gasteiger charge is -2.27. The lowest BCUT2D eigenvalue weighted by molar-refractivity contribution is -0.137. The molecule has 1 aliphatic heterocycles. The van der Waals surface area contributed by atoms with E-state index in [1.807, 2.05) is 0 Å². The molecule has 1 heterocycles. The molecule has 0 spiro atoms. The number of hydrogen-bond donors (Lipinski definition) is 2. The first-order valence-corrected chi connectivity index (χ1v) is 3.74. The number of nitrogens with one attached hydrogen (secondary N) is 1. The minimum absolute atomic E-state index is 0. The monoisotopic (exact) mass is 192 g/mol. The van der Waals surface area contributed by atoms with E-state index < -0.39 is 5.97 Å². The highest BCUT2D eigenvalue weighted by Crippen LogP contribution is 2.09. The highest BCUT2D eigenvalue weighted by molar-refractivity contribution is 5.85. The number of carboxylic acids is 1. The molecule has 1 rings (SSSR count). The lowest BCUT2D eigenvalue weighted by atomic mass is 10.1. The van der Waals surface area contributed by atoms with Gasteiger partial charge in [-0.2, -0.15) is 0 Å². The summed E-state index contributed by atoms with van der Waals surface area (Å²) >= 11 is 0. The molecule has 12 heavy (non-hydrogen) atoms. The van der Waals surface area contributed by atoms with Gasteiger partial charge in [0.25, 0.3) is 0 Å². The summed E-state index contributed by atoms with van der Waals surface area (Å²) in [5, 5.41) is 15.8. The van der Waals surface area contributed by atoms with Crippen molar-refractivity contribution < 1.29 is 9.90 Å². The van der Waals surface area contributed by atoms with Gasteiger partial charge in [0.05, 0.1) is 5.84 Å². The number of amidine groups is 1. The zero-order valence-electron chi connectivity index (χ0n) is 6.75. The number of carboxylic acid groups (broad SMARTS) is 1. The van der Waals surface area contributed by atoms with Gasteiger partial charge in [0, 0.05) is 13.0 Å². The summed E-state index contributed by atoms with van der Waals surface area (Å²) in [4.78, 5) is 11.9. The Hall–Kier alpha value is -0.770. The van der Waals surface area contributed by atoms with Gasteiger partial charge >= 0.3 is 5.97 Å². The fraction of sp³-hybridized carbons (Fsp3) is 0.714. The zero-order chi connectivity index (χ0) is 8.27. The van der Waals surface area contributed by atoms with Gasteiger partial charge in [-0.25, -0.2) is 0 Å².